The molecular formula is C37H31BrN4O2. The molecule has 0 aliphatic carbocycles. The molecule has 0 aliphatic rings. The summed E-state index contributed by atoms with van der Waals surface area (Å²) in [4.78, 5) is 15.8. The van der Waals surface area contributed by atoms with E-state index in [1.165, 1.54) is 22.0 Å². The minimum atomic E-state index is -0.964. The van der Waals surface area contributed by atoms with E-state index in [9.17, 15) is 9.90 Å². The van der Waals surface area contributed by atoms with Crippen molar-refractivity contribution in [3.8, 4) is 0 Å². The number of hydrogen-bond donors (Lipinski definition) is 2. The van der Waals surface area contributed by atoms with Crippen molar-refractivity contribution in [3.05, 3.63) is 166 Å². The van der Waals surface area contributed by atoms with Crippen molar-refractivity contribution in [1.29, 1.82) is 0 Å². The molecule has 7 rings (SSSR count). The molecule has 0 radical (unpaired) electrons. The molecule has 0 atom stereocenters. The highest BCUT2D eigenvalue weighted by molar-refractivity contribution is 9.10. The summed E-state index contributed by atoms with van der Waals surface area (Å²) in [7, 11) is 0. The van der Waals surface area contributed by atoms with Crippen LogP contribution in [0.4, 0.5) is 5.69 Å². The zero-order valence-corrected chi connectivity index (χ0v) is 25.6. The molecule has 7 heteroatoms. The Morgan fingerprint density at radius 1 is 0.705 bits per heavy atom. The van der Waals surface area contributed by atoms with Crippen LogP contribution in [0.15, 0.2) is 138 Å². The first-order chi connectivity index (χ1) is 21.4. The number of halogens is 1. The number of fused-ring (bicyclic) bond motifs is 2. The van der Waals surface area contributed by atoms with E-state index in [0.717, 1.165) is 35.2 Å². The Labute approximate surface area is 264 Å². The van der Waals surface area contributed by atoms with Crippen LogP contribution >= 0.6 is 15.9 Å². The van der Waals surface area contributed by atoms with Gasteiger partial charge in [0, 0.05) is 64.7 Å². The van der Waals surface area contributed by atoms with Crippen molar-refractivity contribution in [2.75, 3.05) is 5.73 Å². The van der Waals surface area contributed by atoms with Crippen molar-refractivity contribution in [1.82, 2.24) is 14.1 Å². The number of pyridine rings is 1. The van der Waals surface area contributed by atoms with Gasteiger partial charge in [-0.15, -0.1) is 0 Å². The third-order valence-electron chi connectivity index (χ3n) is 7.56. The molecule has 44 heavy (non-hydrogen) atoms. The van der Waals surface area contributed by atoms with Gasteiger partial charge in [0.05, 0.1) is 11.3 Å². The van der Waals surface area contributed by atoms with Gasteiger partial charge in [-0.3, -0.25) is 4.98 Å². The minimum Gasteiger partial charge on any atom is -0.478 e. The number of carbonyl (C=O) groups is 1. The van der Waals surface area contributed by atoms with E-state index in [4.69, 9.17) is 5.73 Å². The van der Waals surface area contributed by atoms with Crippen molar-refractivity contribution in [3.63, 3.8) is 0 Å². The maximum absolute atomic E-state index is 11.5. The maximum Gasteiger partial charge on any atom is 0.337 e. The first-order valence-corrected chi connectivity index (χ1v) is 15.1. The lowest BCUT2D eigenvalue weighted by Gasteiger charge is -2.08. The van der Waals surface area contributed by atoms with Crippen molar-refractivity contribution >= 4 is 49.4 Å². The van der Waals surface area contributed by atoms with E-state index >= 15 is 0 Å². The highest BCUT2D eigenvalue weighted by Crippen LogP contribution is 2.23. The molecule has 7 aromatic rings. The minimum absolute atomic E-state index is 0.228. The highest BCUT2D eigenvalue weighted by Gasteiger charge is 2.13. The van der Waals surface area contributed by atoms with E-state index in [-0.39, 0.29) is 5.56 Å². The summed E-state index contributed by atoms with van der Waals surface area (Å²) in [5.41, 5.74) is 13.4. The fourth-order valence-corrected chi connectivity index (χ4v) is 5.73. The second kappa shape index (κ2) is 13.0. The fourth-order valence-electron chi connectivity index (χ4n) is 5.40. The number of carboxylic acid groups (broad SMARTS) is 1. The van der Waals surface area contributed by atoms with Crippen molar-refractivity contribution in [2.24, 2.45) is 0 Å². The van der Waals surface area contributed by atoms with E-state index in [1.54, 1.807) is 12.3 Å². The number of rotatable bonds is 7. The number of aromatic carboxylic acids is 1. The van der Waals surface area contributed by atoms with E-state index in [1.807, 2.05) is 42.5 Å². The van der Waals surface area contributed by atoms with Gasteiger partial charge in [0.1, 0.15) is 0 Å². The molecule has 218 valence electrons. The second-order valence-corrected chi connectivity index (χ2v) is 11.6. The topological polar surface area (TPSA) is 86.1 Å². The zero-order valence-electron chi connectivity index (χ0n) is 24.0. The summed E-state index contributed by atoms with van der Waals surface area (Å²) in [6.45, 7) is 1.72. The van der Waals surface area contributed by atoms with Gasteiger partial charge in [-0.2, -0.15) is 0 Å². The van der Waals surface area contributed by atoms with Gasteiger partial charge in [-0.25, -0.2) is 4.79 Å². The predicted molar refractivity (Wildman–Crippen MR) is 181 cm³/mol. The number of benzene rings is 4. The number of carboxylic acids is 1. The molecule has 0 amide bonds. The Bertz CT molecular complexity index is 2050. The number of hydrogen-bond acceptors (Lipinski definition) is 3. The van der Waals surface area contributed by atoms with Gasteiger partial charge >= 0.3 is 5.97 Å². The Kier molecular flexibility index (Phi) is 8.57. The highest BCUT2D eigenvalue weighted by atomic mass is 79.9. The van der Waals surface area contributed by atoms with Gasteiger partial charge in [0.25, 0.3) is 0 Å². The average Bonchev–Trinajstić information content (AvgIpc) is 3.62. The summed E-state index contributed by atoms with van der Waals surface area (Å²) in [6.07, 6.45) is 6.31. The summed E-state index contributed by atoms with van der Waals surface area (Å²) in [5.74, 6) is -0.964. The summed E-state index contributed by atoms with van der Waals surface area (Å²) < 4.78 is 5.12. The Balaban J connectivity index is 0.000000173. The molecule has 4 aromatic carbocycles. The third kappa shape index (κ3) is 6.74. The first-order valence-electron chi connectivity index (χ1n) is 14.3. The zero-order chi connectivity index (χ0) is 30.5. The van der Waals surface area contributed by atoms with Crippen LogP contribution in [0.25, 0.3) is 21.8 Å². The second-order valence-electron chi connectivity index (χ2n) is 10.7. The normalized spacial score (nSPS) is 10.9. The van der Waals surface area contributed by atoms with E-state index in [2.05, 4.69) is 109 Å². The monoisotopic (exact) mass is 642 g/mol. The van der Waals surface area contributed by atoms with Gasteiger partial charge in [-0.05, 0) is 86.5 Å². The van der Waals surface area contributed by atoms with Gasteiger partial charge in [0.15, 0.2) is 0 Å². The van der Waals surface area contributed by atoms with E-state index in [0.29, 0.717) is 16.6 Å². The molecule has 0 spiro atoms. The molecule has 3 heterocycles. The van der Waals surface area contributed by atoms with Crippen LogP contribution in [-0.2, 0) is 19.5 Å². The van der Waals surface area contributed by atoms with Crippen LogP contribution in [0.5, 0.6) is 0 Å². The van der Waals surface area contributed by atoms with Gasteiger partial charge < -0.3 is 20.0 Å². The quantitative estimate of drug-likeness (QED) is 0.171. The third-order valence-corrected chi connectivity index (χ3v) is 7.99. The van der Waals surface area contributed by atoms with E-state index < -0.39 is 5.97 Å². The van der Waals surface area contributed by atoms with Crippen LogP contribution in [0, 0.1) is 0 Å². The Hall–Kier alpha value is -5.14. The fraction of sp³-hybridized carbons (Fsp3) is 0.0811. The number of nitrogens with zero attached hydrogens (tertiary/aromatic N) is 3. The number of nitrogens with two attached hydrogens (primary N) is 1. The predicted octanol–water partition coefficient (Wildman–Crippen LogP) is 8.41. The molecule has 0 saturated heterocycles. The number of anilines is 1. The molecule has 6 nitrogen and oxygen atoms in total. The Morgan fingerprint density at radius 2 is 1.27 bits per heavy atom. The van der Waals surface area contributed by atoms with Crippen LogP contribution in [0.1, 0.15) is 32.7 Å². The lowest BCUT2D eigenvalue weighted by molar-refractivity contribution is 0.0695. The van der Waals surface area contributed by atoms with Crippen molar-refractivity contribution in [2.45, 2.75) is 19.5 Å². The van der Waals surface area contributed by atoms with Crippen molar-refractivity contribution < 1.29 is 9.90 Å². The Morgan fingerprint density at radius 3 is 1.86 bits per heavy atom. The van der Waals surface area contributed by atoms with Crippen LogP contribution in [-0.4, -0.2) is 25.2 Å². The lowest BCUT2D eigenvalue weighted by atomic mass is 10.0. The smallest absolute Gasteiger partial charge is 0.337 e. The van der Waals surface area contributed by atoms with Crippen LogP contribution < -0.4 is 5.73 Å². The van der Waals surface area contributed by atoms with Crippen LogP contribution in [0.3, 0.4) is 0 Å². The first kappa shape index (κ1) is 29.0. The largest absolute Gasteiger partial charge is 0.478 e. The molecule has 0 saturated carbocycles. The van der Waals surface area contributed by atoms with Crippen LogP contribution in [0.2, 0.25) is 0 Å². The molecule has 0 aliphatic heterocycles. The molecule has 3 N–H and O–H groups in total. The molecular weight excluding hydrogens is 612 g/mol. The molecule has 3 aromatic heterocycles. The maximum atomic E-state index is 11.5. The average molecular weight is 644 g/mol. The molecule has 0 bridgehead atoms. The molecule has 0 fully saturated rings. The summed E-state index contributed by atoms with van der Waals surface area (Å²) >= 11 is 3.28. The SMILES string of the molecule is Nc1ccc2c(ccn2Cc2ccccc2)c1.O=C(O)c1cc(Br)cnc1Cc1ccc2c(ccn2Cc2ccccc2)c1. The summed E-state index contributed by atoms with van der Waals surface area (Å²) in [6, 6.07) is 38.9. The van der Waals surface area contributed by atoms with Gasteiger partial charge in [-0.1, -0.05) is 66.7 Å². The molecule has 0 unspecified atom stereocenters. The number of nitrogen functional groups attached to an aromatic ring is 1. The van der Waals surface area contributed by atoms with Gasteiger partial charge in [0.2, 0.25) is 0 Å². The standard InChI is InChI=1S/C22H17BrN2O2.C15H14N2/c23-18-12-19(22(26)27)20(24-13-18)11-16-6-7-21-17(10-16)8-9-25(21)14-15-4-2-1-3-5-15;16-14-6-7-15-13(10-14)8-9-17(15)11-12-4-2-1-3-5-12/h1-10,12-13H,11,14H2,(H,26,27);1-10H,11,16H2. The number of aromatic nitrogens is 3. The summed E-state index contributed by atoms with van der Waals surface area (Å²) in [5, 5.41) is 11.8. The lowest BCUT2D eigenvalue weighted by Crippen LogP contribution is -2.05.